The van der Waals surface area contributed by atoms with Crippen LogP contribution in [0.25, 0.3) is 11.4 Å². The number of nitrogens with one attached hydrogen (secondary N) is 2. The number of ether oxygens (including phenoxy) is 2. The highest BCUT2D eigenvalue weighted by atomic mass is 16.6. The number of carbonyl (C=O) groups excluding carboxylic acids is 2. The minimum atomic E-state index is -0.518. The van der Waals surface area contributed by atoms with Crippen molar-refractivity contribution in [3.05, 3.63) is 42.1 Å². The molecular weight excluding hydrogens is 408 g/mol. The standard InChI is InChI=1S/C24H32N4O4/c1-5-31-22(29)19-15-25-20(16-9-7-6-8-10-16)28-21(19)26-17-11-13-18(14-12-17)27-23(30)32-24(2,3)4/h6-10,15,17-18H,5,11-14H2,1-4H3,(H,27,30)(H,25,26,28). The number of hydrogen-bond acceptors (Lipinski definition) is 7. The SMILES string of the molecule is CCOC(=O)c1cnc(-c2ccccc2)nc1NC1CCC(NC(=O)OC(C)(C)C)CC1. The van der Waals surface area contributed by atoms with Gasteiger partial charge in [-0.15, -0.1) is 0 Å². The lowest BCUT2D eigenvalue weighted by Crippen LogP contribution is -2.42. The first-order valence-electron chi connectivity index (χ1n) is 11.1. The van der Waals surface area contributed by atoms with Gasteiger partial charge in [-0.2, -0.15) is 0 Å². The number of nitrogens with zero attached hydrogens (tertiary/aromatic N) is 2. The highest BCUT2D eigenvalue weighted by Gasteiger charge is 2.26. The zero-order valence-corrected chi connectivity index (χ0v) is 19.2. The first-order valence-corrected chi connectivity index (χ1v) is 11.1. The van der Waals surface area contributed by atoms with Crippen molar-refractivity contribution >= 4 is 17.9 Å². The van der Waals surface area contributed by atoms with Crippen molar-refractivity contribution in [3.8, 4) is 11.4 Å². The summed E-state index contributed by atoms with van der Waals surface area (Å²) < 4.78 is 10.5. The number of anilines is 1. The molecule has 0 bridgehead atoms. The van der Waals surface area contributed by atoms with E-state index in [-0.39, 0.29) is 24.8 Å². The number of hydrogen-bond donors (Lipinski definition) is 2. The molecule has 1 saturated carbocycles. The van der Waals surface area contributed by atoms with Gasteiger partial charge in [-0.25, -0.2) is 19.6 Å². The van der Waals surface area contributed by atoms with Gasteiger partial charge in [0, 0.05) is 23.8 Å². The van der Waals surface area contributed by atoms with Crippen LogP contribution in [0.15, 0.2) is 36.5 Å². The molecule has 0 unspecified atom stereocenters. The predicted octanol–water partition coefficient (Wildman–Crippen LogP) is 4.57. The van der Waals surface area contributed by atoms with Gasteiger partial charge in [-0.3, -0.25) is 0 Å². The van der Waals surface area contributed by atoms with Crippen LogP contribution in [-0.2, 0) is 9.47 Å². The maximum Gasteiger partial charge on any atom is 0.407 e. The number of benzene rings is 1. The Hall–Kier alpha value is -3.16. The molecule has 1 aromatic heterocycles. The fourth-order valence-corrected chi connectivity index (χ4v) is 3.63. The van der Waals surface area contributed by atoms with Crippen LogP contribution in [0.5, 0.6) is 0 Å². The Balaban J connectivity index is 1.68. The lowest BCUT2D eigenvalue weighted by molar-refractivity contribution is 0.0488. The van der Waals surface area contributed by atoms with E-state index in [0.29, 0.717) is 17.2 Å². The predicted molar refractivity (Wildman–Crippen MR) is 122 cm³/mol. The van der Waals surface area contributed by atoms with E-state index < -0.39 is 11.6 Å². The molecule has 32 heavy (non-hydrogen) atoms. The molecule has 3 rings (SSSR count). The van der Waals surface area contributed by atoms with Crippen LogP contribution in [0.1, 0.15) is 63.7 Å². The first-order chi connectivity index (χ1) is 15.2. The third-order valence-electron chi connectivity index (χ3n) is 5.10. The van der Waals surface area contributed by atoms with Gasteiger partial charge >= 0.3 is 12.1 Å². The van der Waals surface area contributed by atoms with E-state index in [0.717, 1.165) is 31.2 Å². The fourth-order valence-electron chi connectivity index (χ4n) is 3.63. The molecule has 0 spiro atoms. The summed E-state index contributed by atoms with van der Waals surface area (Å²) in [6.07, 6.45) is 4.40. The van der Waals surface area contributed by atoms with Gasteiger partial charge in [0.15, 0.2) is 5.82 Å². The van der Waals surface area contributed by atoms with Crippen molar-refractivity contribution in [3.63, 3.8) is 0 Å². The van der Waals surface area contributed by atoms with E-state index in [1.54, 1.807) is 6.92 Å². The minimum Gasteiger partial charge on any atom is -0.462 e. The molecule has 8 nitrogen and oxygen atoms in total. The Morgan fingerprint density at radius 1 is 1.06 bits per heavy atom. The van der Waals surface area contributed by atoms with Crippen LogP contribution in [0.2, 0.25) is 0 Å². The summed E-state index contributed by atoms with van der Waals surface area (Å²) in [7, 11) is 0. The van der Waals surface area contributed by atoms with E-state index in [4.69, 9.17) is 9.47 Å². The Morgan fingerprint density at radius 2 is 1.72 bits per heavy atom. The van der Waals surface area contributed by atoms with E-state index >= 15 is 0 Å². The summed E-state index contributed by atoms with van der Waals surface area (Å²) in [6, 6.07) is 9.82. The fraction of sp³-hybridized carbons (Fsp3) is 0.500. The Morgan fingerprint density at radius 3 is 2.34 bits per heavy atom. The van der Waals surface area contributed by atoms with Crippen LogP contribution < -0.4 is 10.6 Å². The van der Waals surface area contributed by atoms with Gasteiger partial charge in [-0.1, -0.05) is 30.3 Å². The summed E-state index contributed by atoms with van der Waals surface area (Å²) in [4.78, 5) is 33.5. The second-order valence-electron chi connectivity index (χ2n) is 8.88. The van der Waals surface area contributed by atoms with Gasteiger partial charge in [0.2, 0.25) is 0 Å². The first kappa shape index (κ1) is 23.5. The molecule has 0 saturated heterocycles. The third-order valence-corrected chi connectivity index (χ3v) is 5.10. The van der Waals surface area contributed by atoms with Crippen LogP contribution >= 0.6 is 0 Å². The Kier molecular flexibility index (Phi) is 7.66. The van der Waals surface area contributed by atoms with Crippen molar-refractivity contribution in [2.75, 3.05) is 11.9 Å². The smallest absolute Gasteiger partial charge is 0.407 e. The monoisotopic (exact) mass is 440 g/mol. The molecular formula is C24H32N4O4. The van der Waals surface area contributed by atoms with E-state index in [9.17, 15) is 9.59 Å². The van der Waals surface area contributed by atoms with Gasteiger partial charge < -0.3 is 20.1 Å². The molecule has 1 heterocycles. The van der Waals surface area contributed by atoms with Crippen LogP contribution in [0.3, 0.4) is 0 Å². The summed E-state index contributed by atoms with van der Waals surface area (Å²) in [6.45, 7) is 7.59. The zero-order valence-electron chi connectivity index (χ0n) is 19.2. The summed E-state index contributed by atoms with van der Waals surface area (Å²) in [5.41, 5.74) is 0.673. The Bertz CT molecular complexity index is 919. The second kappa shape index (κ2) is 10.4. The Labute approximate surface area is 189 Å². The quantitative estimate of drug-likeness (QED) is 0.634. The molecule has 1 aliphatic rings. The number of rotatable bonds is 6. The molecule has 0 aliphatic heterocycles. The van der Waals surface area contributed by atoms with E-state index in [1.807, 2.05) is 51.1 Å². The summed E-state index contributed by atoms with van der Waals surface area (Å²) in [5, 5.41) is 6.36. The van der Waals surface area contributed by atoms with Crippen molar-refractivity contribution in [2.24, 2.45) is 0 Å². The highest BCUT2D eigenvalue weighted by Crippen LogP contribution is 2.26. The second-order valence-corrected chi connectivity index (χ2v) is 8.88. The molecule has 1 aromatic carbocycles. The van der Waals surface area contributed by atoms with Crippen molar-refractivity contribution in [2.45, 2.75) is 71.1 Å². The molecule has 2 N–H and O–H groups in total. The number of amides is 1. The zero-order chi connectivity index (χ0) is 23.1. The molecule has 0 atom stereocenters. The molecule has 0 radical (unpaired) electrons. The third kappa shape index (κ3) is 6.67. The average Bonchev–Trinajstić information content (AvgIpc) is 2.74. The number of aromatic nitrogens is 2. The highest BCUT2D eigenvalue weighted by molar-refractivity contribution is 5.94. The molecule has 1 amide bonds. The molecule has 2 aromatic rings. The molecule has 1 aliphatic carbocycles. The van der Waals surface area contributed by atoms with Gasteiger partial charge in [0.25, 0.3) is 0 Å². The largest absolute Gasteiger partial charge is 0.462 e. The normalized spacial score (nSPS) is 18.5. The van der Waals surface area contributed by atoms with E-state index in [1.165, 1.54) is 6.20 Å². The maximum atomic E-state index is 12.4. The number of alkyl carbamates (subject to hydrolysis) is 1. The topological polar surface area (TPSA) is 102 Å². The van der Waals surface area contributed by atoms with Gasteiger partial charge in [0.1, 0.15) is 17.0 Å². The van der Waals surface area contributed by atoms with Crippen LogP contribution in [0, 0.1) is 0 Å². The van der Waals surface area contributed by atoms with Crippen LogP contribution in [0.4, 0.5) is 10.6 Å². The lowest BCUT2D eigenvalue weighted by atomic mass is 9.91. The van der Waals surface area contributed by atoms with E-state index in [2.05, 4.69) is 20.6 Å². The molecule has 8 heteroatoms. The van der Waals surface area contributed by atoms with Crippen molar-refractivity contribution < 1.29 is 19.1 Å². The van der Waals surface area contributed by atoms with Crippen LogP contribution in [-0.4, -0.2) is 46.3 Å². The average molecular weight is 441 g/mol. The number of carbonyl (C=O) groups is 2. The van der Waals surface area contributed by atoms with Gasteiger partial charge in [-0.05, 0) is 53.4 Å². The lowest BCUT2D eigenvalue weighted by Gasteiger charge is -2.31. The minimum absolute atomic E-state index is 0.0673. The van der Waals surface area contributed by atoms with Gasteiger partial charge in [0.05, 0.1) is 6.61 Å². The van der Waals surface area contributed by atoms with Crippen molar-refractivity contribution in [1.29, 1.82) is 0 Å². The molecule has 1 fully saturated rings. The summed E-state index contributed by atoms with van der Waals surface area (Å²) >= 11 is 0. The van der Waals surface area contributed by atoms with Crippen molar-refractivity contribution in [1.82, 2.24) is 15.3 Å². The maximum absolute atomic E-state index is 12.4. The number of esters is 1. The molecule has 172 valence electrons. The summed E-state index contributed by atoms with van der Waals surface area (Å²) in [5.74, 6) is 0.567.